The highest BCUT2D eigenvalue weighted by Gasteiger charge is 2.25. The Bertz CT molecular complexity index is 4620. The molecule has 0 N–H and O–H groups in total. The molecule has 0 aliphatic heterocycles. The van der Waals surface area contributed by atoms with Crippen molar-refractivity contribution in [2.75, 3.05) is 0 Å². The zero-order valence-corrected chi connectivity index (χ0v) is 37.8. The maximum absolute atomic E-state index is 5.48. The molecule has 15 rings (SSSR count). The molecule has 5 nitrogen and oxygen atoms in total. The van der Waals surface area contributed by atoms with Crippen LogP contribution >= 0.6 is 0 Å². The van der Waals surface area contributed by atoms with Crippen LogP contribution in [0.15, 0.2) is 237 Å². The minimum Gasteiger partial charge on any atom is -0.307 e. The summed E-state index contributed by atoms with van der Waals surface area (Å²) in [7, 11) is 0. The van der Waals surface area contributed by atoms with E-state index in [4.69, 9.17) is 15.0 Å². The van der Waals surface area contributed by atoms with E-state index in [1.165, 1.54) is 53.9 Å². The molecule has 3 heterocycles. The van der Waals surface area contributed by atoms with Crippen LogP contribution in [0.4, 0.5) is 0 Å². The average molecular weight is 890 g/mol. The van der Waals surface area contributed by atoms with Crippen LogP contribution < -0.4 is 0 Å². The molecule has 0 unspecified atom stereocenters. The lowest BCUT2D eigenvalue weighted by molar-refractivity contribution is 0.953. The van der Waals surface area contributed by atoms with E-state index in [1.807, 2.05) is 18.2 Å². The first kappa shape index (κ1) is 38.6. The third-order valence-electron chi connectivity index (χ3n) is 14.5. The molecule has 3 aromatic heterocycles. The van der Waals surface area contributed by atoms with Crippen molar-refractivity contribution >= 4 is 97.5 Å². The first-order valence-electron chi connectivity index (χ1n) is 23.9. The molecule has 0 radical (unpaired) electrons. The van der Waals surface area contributed by atoms with Gasteiger partial charge in [0.1, 0.15) is 0 Å². The van der Waals surface area contributed by atoms with Gasteiger partial charge in [0.15, 0.2) is 11.6 Å². The number of nitrogens with zero attached hydrogens (tertiary/aromatic N) is 5. The van der Waals surface area contributed by atoms with Gasteiger partial charge in [-0.1, -0.05) is 206 Å². The molecule has 0 atom stereocenters. The lowest BCUT2D eigenvalue weighted by Crippen LogP contribution is -2.07. The van der Waals surface area contributed by atoms with Crippen molar-refractivity contribution in [3.63, 3.8) is 0 Å². The predicted molar refractivity (Wildman–Crippen MR) is 292 cm³/mol. The molecule has 5 heteroatoms. The molecule has 324 valence electrons. The largest absolute Gasteiger partial charge is 0.307 e. The number of hydrogen-bond donors (Lipinski definition) is 0. The van der Waals surface area contributed by atoms with E-state index < -0.39 is 0 Å². The van der Waals surface area contributed by atoms with Crippen LogP contribution in [-0.2, 0) is 0 Å². The van der Waals surface area contributed by atoms with Crippen LogP contribution in [0, 0.1) is 0 Å². The molecule has 70 heavy (non-hydrogen) atoms. The van der Waals surface area contributed by atoms with Crippen LogP contribution in [0.25, 0.3) is 143 Å². The molecule has 0 fully saturated rings. The fourth-order valence-electron chi connectivity index (χ4n) is 11.4. The normalized spacial score (nSPS) is 12.0. The minimum atomic E-state index is 0.555. The van der Waals surface area contributed by atoms with Gasteiger partial charge in [-0.2, -0.15) is 9.97 Å². The molecule has 12 aromatic carbocycles. The first-order chi connectivity index (χ1) is 34.7. The van der Waals surface area contributed by atoms with Gasteiger partial charge in [-0.15, -0.1) is 0 Å². The molecule has 0 aliphatic rings. The molecule has 0 saturated heterocycles. The van der Waals surface area contributed by atoms with Crippen molar-refractivity contribution in [1.82, 2.24) is 24.1 Å². The van der Waals surface area contributed by atoms with Crippen molar-refractivity contribution in [2.45, 2.75) is 0 Å². The van der Waals surface area contributed by atoms with E-state index in [2.05, 4.69) is 228 Å². The van der Waals surface area contributed by atoms with Gasteiger partial charge in [0.25, 0.3) is 0 Å². The second-order valence-corrected chi connectivity index (χ2v) is 18.3. The molecular weight excluding hydrogens is 851 g/mol. The Labute approximate surface area is 401 Å². The number of hydrogen-bond acceptors (Lipinski definition) is 3. The summed E-state index contributed by atoms with van der Waals surface area (Å²) in [6.07, 6.45) is 0. The van der Waals surface area contributed by atoms with Gasteiger partial charge in [-0.25, -0.2) is 4.98 Å². The number of rotatable bonds is 5. The Morgan fingerprint density at radius 3 is 1.44 bits per heavy atom. The van der Waals surface area contributed by atoms with Crippen molar-refractivity contribution < 1.29 is 0 Å². The van der Waals surface area contributed by atoms with Gasteiger partial charge >= 0.3 is 0 Å². The Balaban J connectivity index is 1.02. The molecular formula is C65H39N5. The lowest BCUT2D eigenvalue weighted by Gasteiger charge is -2.17. The first-order valence-corrected chi connectivity index (χ1v) is 23.9. The summed E-state index contributed by atoms with van der Waals surface area (Å²) in [6, 6.07) is 85.3. The van der Waals surface area contributed by atoms with Crippen LogP contribution in [0.2, 0.25) is 0 Å². The van der Waals surface area contributed by atoms with Crippen LogP contribution in [0.1, 0.15) is 0 Å². The third-order valence-corrected chi connectivity index (χ3v) is 14.5. The summed E-state index contributed by atoms with van der Waals surface area (Å²) in [4.78, 5) is 16.1. The van der Waals surface area contributed by atoms with E-state index >= 15 is 0 Å². The van der Waals surface area contributed by atoms with E-state index in [9.17, 15) is 0 Å². The van der Waals surface area contributed by atoms with Crippen LogP contribution in [0.3, 0.4) is 0 Å². The number of benzene rings is 12. The van der Waals surface area contributed by atoms with Gasteiger partial charge < -0.3 is 4.57 Å². The molecule has 0 amide bonds. The number of fused-ring (bicyclic) bond motifs is 16. The van der Waals surface area contributed by atoms with Crippen LogP contribution in [-0.4, -0.2) is 24.1 Å². The van der Waals surface area contributed by atoms with Gasteiger partial charge in [0.2, 0.25) is 5.95 Å². The average Bonchev–Trinajstić information content (AvgIpc) is 3.96. The number of para-hydroxylation sites is 3. The highest BCUT2D eigenvalue weighted by atomic mass is 15.2. The fourth-order valence-corrected chi connectivity index (χ4v) is 11.4. The third kappa shape index (κ3) is 5.69. The van der Waals surface area contributed by atoms with Gasteiger partial charge in [0.05, 0.1) is 27.8 Å². The van der Waals surface area contributed by atoms with Crippen molar-refractivity contribution in [3.8, 4) is 45.5 Å². The summed E-state index contributed by atoms with van der Waals surface area (Å²) in [5.41, 5.74) is 9.48. The Hall–Kier alpha value is -9.45. The Kier molecular flexibility index (Phi) is 8.29. The predicted octanol–water partition coefficient (Wildman–Crippen LogP) is 16.8. The molecule has 15 aromatic rings. The monoisotopic (exact) mass is 889 g/mol. The summed E-state index contributed by atoms with van der Waals surface area (Å²) in [6.45, 7) is 0. The zero-order chi connectivity index (χ0) is 45.9. The smallest absolute Gasteiger partial charge is 0.238 e. The summed E-state index contributed by atoms with van der Waals surface area (Å²) < 4.78 is 4.76. The Morgan fingerprint density at radius 2 is 0.729 bits per heavy atom. The number of aromatic nitrogens is 5. The SMILES string of the molecule is c1ccc(-c2nc(-c3ccc4c(ccc5ccccc54)c3)nc(-n3c4ccccc4c4ccc5c6ccccc6n(-c6ccccc6-c6ccc7c8ccccc8c8ccccc8c7c6)c5c43)n2)cc1. The lowest BCUT2D eigenvalue weighted by atomic mass is 9.92. The maximum atomic E-state index is 5.48. The van der Waals surface area contributed by atoms with Gasteiger partial charge in [0, 0.05) is 38.2 Å². The molecule has 0 saturated carbocycles. The summed E-state index contributed by atoms with van der Waals surface area (Å²) >= 11 is 0. The van der Waals surface area contributed by atoms with Gasteiger partial charge in [-0.3, -0.25) is 4.57 Å². The quantitative estimate of drug-likeness (QED) is 0.162. The van der Waals surface area contributed by atoms with Crippen molar-refractivity contribution in [1.29, 1.82) is 0 Å². The molecule has 0 spiro atoms. The van der Waals surface area contributed by atoms with E-state index in [0.717, 1.165) is 71.6 Å². The molecule has 0 aliphatic carbocycles. The highest BCUT2D eigenvalue weighted by Crippen LogP contribution is 2.44. The second-order valence-electron chi connectivity index (χ2n) is 18.3. The second kappa shape index (κ2) is 15.0. The highest BCUT2D eigenvalue weighted by molar-refractivity contribution is 6.26. The topological polar surface area (TPSA) is 48.5 Å². The maximum Gasteiger partial charge on any atom is 0.238 e. The van der Waals surface area contributed by atoms with Crippen molar-refractivity contribution in [2.24, 2.45) is 0 Å². The Morgan fingerprint density at radius 1 is 0.257 bits per heavy atom. The molecule has 0 bridgehead atoms. The van der Waals surface area contributed by atoms with E-state index in [1.54, 1.807) is 0 Å². The standard InChI is InChI=1S/C65H39N5/c1-2-17-41(18-3-1)63-66-64(44-33-34-46-42(38-44)31-30-40-16-4-5-19-45(40)46)68-65(67-63)70-60-29-15-12-26-54(60)56-37-36-55-53-25-11-14-28-59(53)69(61(55)62(56)70)58-27-13-10-20-47(58)43-32-35-52-50-23-7-6-21-48(50)49-22-8-9-24-51(49)57(52)39-43/h1-39H. The van der Waals surface area contributed by atoms with Gasteiger partial charge in [-0.05, 0) is 89.8 Å². The zero-order valence-electron chi connectivity index (χ0n) is 37.8. The summed E-state index contributed by atoms with van der Waals surface area (Å²) in [5, 5.41) is 16.9. The van der Waals surface area contributed by atoms with Crippen molar-refractivity contribution in [3.05, 3.63) is 237 Å². The van der Waals surface area contributed by atoms with Crippen LogP contribution in [0.5, 0.6) is 0 Å². The van der Waals surface area contributed by atoms with E-state index in [-0.39, 0.29) is 0 Å². The minimum absolute atomic E-state index is 0.555. The summed E-state index contributed by atoms with van der Waals surface area (Å²) in [5.74, 6) is 1.78. The van der Waals surface area contributed by atoms with E-state index in [0.29, 0.717) is 17.6 Å². The fraction of sp³-hybridized carbons (Fsp3) is 0.